The molecule has 0 aliphatic rings. The summed E-state index contributed by atoms with van der Waals surface area (Å²) in [5, 5.41) is 12.3. The van der Waals surface area contributed by atoms with E-state index in [9.17, 15) is 13.9 Å². The molecule has 0 radical (unpaired) electrons. The van der Waals surface area contributed by atoms with Crippen molar-refractivity contribution in [2.45, 2.75) is 13.0 Å². The van der Waals surface area contributed by atoms with Crippen LogP contribution in [0.25, 0.3) is 0 Å². The first-order valence-corrected chi connectivity index (χ1v) is 4.49. The van der Waals surface area contributed by atoms with Crippen molar-refractivity contribution in [3.05, 3.63) is 35.4 Å². The minimum Gasteiger partial charge on any atom is -0.387 e. The Morgan fingerprint density at radius 1 is 1.43 bits per heavy atom. The predicted octanol–water partition coefficient (Wildman–Crippen LogP) is 1.61. The lowest BCUT2D eigenvalue weighted by molar-refractivity contribution is 0.169. The molecule has 0 fully saturated rings. The van der Waals surface area contributed by atoms with Crippen LogP contribution in [-0.4, -0.2) is 18.2 Å². The van der Waals surface area contributed by atoms with Gasteiger partial charge in [-0.15, -0.1) is 0 Å². The Kier molecular flexibility index (Phi) is 3.98. The van der Waals surface area contributed by atoms with Crippen LogP contribution in [0.4, 0.5) is 8.78 Å². The molecule has 0 heterocycles. The number of rotatable bonds is 4. The van der Waals surface area contributed by atoms with E-state index in [1.165, 1.54) is 12.1 Å². The lowest BCUT2D eigenvalue weighted by atomic mass is 10.1. The zero-order valence-corrected chi connectivity index (χ0v) is 7.93. The van der Waals surface area contributed by atoms with Crippen LogP contribution >= 0.6 is 0 Å². The molecule has 1 unspecified atom stereocenters. The zero-order chi connectivity index (χ0) is 10.6. The van der Waals surface area contributed by atoms with E-state index >= 15 is 0 Å². The van der Waals surface area contributed by atoms with Crippen LogP contribution < -0.4 is 5.32 Å². The summed E-state index contributed by atoms with van der Waals surface area (Å²) in [6.07, 6.45) is -1.01. The largest absolute Gasteiger partial charge is 0.387 e. The molecule has 0 aliphatic heterocycles. The number of aliphatic hydroxyl groups is 1. The number of likely N-dealkylation sites (N-methyl/N-ethyl adjacent to an activating group) is 1. The number of aliphatic hydroxyl groups excluding tert-OH is 1. The summed E-state index contributed by atoms with van der Waals surface area (Å²) in [5.41, 5.74) is -0.00838. The lowest BCUT2D eigenvalue weighted by Crippen LogP contribution is -2.21. The summed E-state index contributed by atoms with van der Waals surface area (Å²) in [7, 11) is 0. The first-order chi connectivity index (χ1) is 6.66. The van der Waals surface area contributed by atoms with E-state index in [2.05, 4.69) is 5.32 Å². The molecule has 1 aromatic rings. The Hall–Kier alpha value is -1.00. The topological polar surface area (TPSA) is 32.3 Å². The average molecular weight is 201 g/mol. The summed E-state index contributed by atoms with van der Waals surface area (Å²) >= 11 is 0. The summed E-state index contributed by atoms with van der Waals surface area (Å²) in [4.78, 5) is 0. The van der Waals surface area contributed by atoms with Crippen molar-refractivity contribution in [2.24, 2.45) is 0 Å². The van der Waals surface area contributed by atoms with Crippen molar-refractivity contribution in [3.63, 3.8) is 0 Å². The van der Waals surface area contributed by atoms with Gasteiger partial charge in [-0.2, -0.15) is 0 Å². The predicted molar refractivity (Wildman–Crippen MR) is 49.9 cm³/mol. The van der Waals surface area contributed by atoms with Gasteiger partial charge in [-0.1, -0.05) is 19.1 Å². The number of hydrogen-bond donors (Lipinski definition) is 2. The summed E-state index contributed by atoms with van der Waals surface area (Å²) in [6, 6.07) is 3.78. The quantitative estimate of drug-likeness (QED) is 0.775. The van der Waals surface area contributed by atoms with E-state index < -0.39 is 17.7 Å². The third-order valence-corrected chi connectivity index (χ3v) is 1.93. The van der Waals surface area contributed by atoms with Crippen LogP contribution in [0.5, 0.6) is 0 Å². The van der Waals surface area contributed by atoms with E-state index in [0.717, 1.165) is 6.07 Å². The van der Waals surface area contributed by atoms with Gasteiger partial charge in [0.1, 0.15) is 0 Å². The molecular weight excluding hydrogens is 188 g/mol. The highest BCUT2D eigenvalue weighted by molar-refractivity contribution is 5.21. The molecule has 1 rings (SSSR count). The maximum Gasteiger partial charge on any atom is 0.164 e. The first kappa shape index (κ1) is 11.1. The Bertz CT molecular complexity index is 304. The molecule has 0 aliphatic carbocycles. The molecule has 1 aromatic carbocycles. The normalized spacial score (nSPS) is 12.9. The molecule has 0 saturated carbocycles. The van der Waals surface area contributed by atoms with Crippen LogP contribution in [0.3, 0.4) is 0 Å². The molecule has 2 N–H and O–H groups in total. The molecule has 2 nitrogen and oxygen atoms in total. The van der Waals surface area contributed by atoms with Crippen LogP contribution in [-0.2, 0) is 0 Å². The van der Waals surface area contributed by atoms with Gasteiger partial charge in [-0.05, 0) is 12.6 Å². The monoisotopic (exact) mass is 201 g/mol. The Balaban J connectivity index is 2.79. The fourth-order valence-corrected chi connectivity index (χ4v) is 1.17. The summed E-state index contributed by atoms with van der Waals surface area (Å²) in [5.74, 6) is -1.91. The molecule has 0 spiro atoms. The molecule has 0 aromatic heterocycles. The van der Waals surface area contributed by atoms with Crippen molar-refractivity contribution in [3.8, 4) is 0 Å². The molecule has 1 atom stereocenters. The van der Waals surface area contributed by atoms with E-state index in [-0.39, 0.29) is 12.1 Å². The third-order valence-electron chi connectivity index (χ3n) is 1.93. The maximum absolute atomic E-state index is 13.1. The van der Waals surface area contributed by atoms with E-state index in [0.29, 0.717) is 6.54 Å². The number of hydrogen-bond acceptors (Lipinski definition) is 2. The van der Waals surface area contributed by atoms with Gasteiger partial charge in [0.25, 0.3) is 0 Å². The van der Waals surface area contributed by atoms with Crippen LogP contribution in [0.2, 0.25) is 0 Å². The molecule has 78 valence electrons. The fraction of sp³-hybridized carbons (Fsp3) is 0.400. The van der Waals surface area contributed by atoms with Crippen molar-refractivity contribution in [1.82, 2.24) is 5.32 Å². The Morgan fingerprint density at radius 2 is 2.14 bits per heavy atom. The van der Waals surface area contributed by atoms with Gasteiger partial charge in [0.15, 0.2) is 11.6 Å². The van der Waals surface area contributed by atoms with Gasteiger partial charge in [0.2, 0.25) is 0 Å². The first-order valence-electron chi connectivity index (χ1n) is 4.49. The highest BCUT2D eigenvalue weighted by Gasteiger charge is 2.14. The van der Waals surface area contributed by atoms with Crippen LogP contribution in [0, 0.1) is 11.6 Å². The second kappa shape index (κ2) is 5.02. The van der Waals surface area contributed by atoms with E-state index in [4.69, 9.17) is 0 Å². The average Bonchev–Trinajstić information content (AvgIpc) is 2.18. The third kappa shape index (κ3) is 2.49. The smallest absolute Gasteiger partial charge is 0.164 e. The molecular formula is C10H13F2NO. The van der Waals surface area contributed by atoms with Crippen molar-refractivity contribution >= 4 is 0 Å². The van der Waals surface area contributed by atoms with Gasteiger partial charge in [0.05, 0.1) is 6.10 Å². The van der Waals surface area contributed by atoms with Crippen molar-refractivity contribution < 1.29 is 13.9 Å². The van der Waals surface area contributed by atoms with Crippen LogP contribution in [0.15, 0.2) is 18.2 Å². The van der Waals surface area contributed by atoms with Crippen molar-refractivity contribution in [2.75, 3.05) is 13.1 Å². The Labute approximate surface area is 81.6 Å². The zero-order valence-electron chi connectivity index (χ0n) is 7.93. The number of halogens is 2. The van der Waals surface area contributed by atoms with Crippen molar-refractivity contribution in [1.29, 1.82) is 0 Å². The molecule has 0 amide bonds. The number of nitrogens with one attached hydrogen (secondary N) is 1. The van der Waals surface area contributed by atoms with Gasteiger partial charge < -0.3 is 10.4 Å². The molecule has 4 heteroatoms. The molecule has 14 heavy (non-hydrogen) atoms. The second-order valence-electron chi connectivity index (χ2n) is 2.97. The highest BCUT2D eigenvalue weighted by Crippen LogP contribution is 2.18. The summed E-state index contributed by atoms with van der Waals surface area (Å²) in [6.45, 7) is 2.76. The number of benzene rings is 1. The minimum atomic E-state index is -1.01. The second-order valence-corrected chi connectivity index (χ2v) is 2.97. The SMILES string of the molecule is CCNCC(O)c1cccc(F)c1F. The van der Waals surface area contributed by atoms with Gasteiger partial charge in [-0.3, -0.25) is 0 Å². The van der Waals surface area contributed by atoms with Gasteiger partial charge in [0, 0.05) is 12.1 Å². The molecule has 0 bridgehead atoms. The standard InChI is InChI=1S/C10H13F2NO/c1-2-13-6-9(14)7-4-3-5-8(11)10(7)12/h3-5,9,13-14H,2,6H2,1H3. The summed E-state index contributed by atoms with van der Waals surface area (Å²) < 4.78 is 25.9. The molecule has 0 saturated heterocycles. The van der Waals surface area contributed by atoms with E-state index in [1.807, 2.05) is 6.92 Å². The minimum absolute atomic E-state index is 0.00838. The van der Waals surface area contributed by atoms with Crippen LogP contribution in [0.1, 0.15) is 18.6 Å². The lowest BCUT2D eigenvalue weighted by Gasteiger charge is -2.12. The Morgan fingerprint density at radius 3 is 2.79 bits per heavy atom. The van der Waals surface area contributed by atoms with E-state index in [1.54, 1.807) is 0 Å². The van der Waals surface area contributed by atoms with Gasteiger partial charge in [-0.25, -0.2) is 8.78 Å². The van der Waals surface area contributed by atoms with Gasteiger partial charge >= 0.3 is 0 Å². The highest BCUT2D eigenvalue weighted by atomic mass is 19.2. The fourth-order valence-electron chi connectivity index (χ4n) is 1.17. The maximum atomic E-state index is 13.1.